The van der Waals surface area contributed by atoms with Gasteiger partial charge in [-0.2, -0.15) is 0 Å². The molecule has 0 saturated carbocycles. The first kappa shape index (κ1) is 8.44. The van der Waals surface area contributed by atoms with Gasteiger partial charge < -0.3 is 5.32 Å². The molecule has 13 heavy (non-hydrogen) atoms. The molecule has 0 aliphatic carbocycles. The fourth-order valence-corrected chi connectivity index (χ4v) is 1.95. The molecule has 0 radical (unpaired) electrons. The monoisotopic (exact) mass is 239 g/mol. The number of nitrogens with one attached hydrogen (secondary N) is 1. The molecule has 1 aromatic carbocycles. The number of carbonyl (C=O) groups is 2. The van der Waals surface area contributed by atoms with Crippen LogP contribution in [0.2, 0.25) is 0 Å². The van der Waals surface area contributed by atoms with Crippen LogP contribution < -0.4 is 5.32 Å². The lowest BCUT2D eigenvalue weighted by molar-refractivity contribution is -0.112. The Kier molecular flexibility index (Phi) is 1.73. The maximum atomic E-state index is 11.3. The van der Waals surface area contributed by atoms with Crippen molar-refractivity contribution in [3.63, 3.8) is 0 Å². The summed E-state index contributed by atoms with van der Waals surface area (Å²) in [5, 5.41) is 2.53. The Hall–Kier alpha value is -1.16. The van der Waals surface area contributed by atoms with E-state index in [0.717, 1.165) is 10.0 Å². The molecule has 0 spiro atoms. The van der Waals surface area contributed by atoms with Crippen LogP contribution >= 0.6 is 15.9 Å². The fraction of sp³-hybridized carbons (Fsp3) is 0.111. The number of hydrogen-bond acceptors (Lipinski definition) is 2. The van der Waals surface area contributed by atoms with Crippen molar-refractivity contribution >= 4 is 33.3 Å². The van der Waals surface area contributed by atoms with E-state index in [4.69, 9.17) is 0 Å². The molecule has 0 saturated heterocycles. The second kappa shape index (κ2) is 2.67. The fourth-order valence-electron chi connectivity index (χ4n) is 1.38. The van der Waals surface area contributed by atoms with Gasteiger partial charge in [0, 0.05) is 4.47 Å². The molecular weight excluding hydrogens is 234 g/mol. The van der Waals surface area contributed by atoms with Gasteiger partial charge in [0.25, 0.3) is 11.7 Å². The van der Waals surface area contributed by atoms with E-state index in [2.05, 4.69) is 21.2 Å². The topological polar surface area (TPSA) is 46.2 Å². The van der Waals surface area contributed by atoms with Gasteiger partial charge in [-0.15, -0.1) is 0 Å². The highest BCUT2D eigenvalue weighted by Gasteiger charge is 2.29. The summed E-state index contributed by atoms with van der Waals surface area (Å²) in [5.41, 5.74) is 1.98. The zero-order valence-electron chi connectivity index (χ0n) is 6.85. The summed E-state index contributed by atoms with van der Waals surface area (Å²) in [7, 11) is 0. The number of anilines is 1. The molecule has 0 fully saturated rings. The average molecular weight is 240 g/mol. The SMILES string of the molecule is Cc1cc(Br)cc2c1NC(=O)C2=O. The van der Waals surface area contributed by atoms with Gasteiger partial charge in [0.15, 0.2) is 0 Å². The van der Waals surface area contributed by atoms with E-state index in [-0.39, 0.29) is 0 Å². The predicted molar refractivity (Wildman–Crippen MR) is 51.8 cm³/mol. The highest BCUT2D eigenvalue weighted by molar-refractivity contribution is 9.10. The number of benzene rings is 1. The van der Waals surface area contributed by atoms with Crippen LogP contribution in [0.5, 0.6) is 0 Å². The lowest BCUT2D eigenvalue weighted by Gasteiger charge is -2.02. The van der Waals surface area contributed by atoms with E-state index in [9.17, 15) is 9.59 Å². The molecule has 1 heterocycles. The third kappa shape index (κ3) is 1.18. The standard InChI is InChI=1S/C9H6BrNO2/c1-4-2-5(10)3-6-7(4)11-9(13)8(6)12/h2-3H,1H3,(H,11,12,13). The van der Waals surface area contributed by atoms with Crippen LogP contribution in [0.15, 0.2) is 16.6 Å². The minimum Gasteiger partial charge on any atom is -0.318 e. The van der Waals surface area contributed by atoms with Gasteiger partial charge in [-0.25, -0.2) is 0 Å². The molecule has 2 rings (SSSR count). The number of halogens is 1. The van der Waals surface area contributed by atoms with Gasteiger partial charge in [0.05, 0.1) is 11.3 Å². The maximum absolute atomic E-state index is 11.3. The maximum Gasteiger partial charge on any atom is 0.296 e. The third-order valence-corrected chi connectivity index (χ3v) is 2.45. The third-order valence-electron chi connectivity index (χ3n) is 1.99. The van der Waals surface area contributed by atoms with Crippen molar-refractivity contribution in [2.75, 3.05) is 5.32 Å². The number of amides is 1. The molecule has 1 aliphatic heterocycles. The van der Waals surface area contributed by atoms with E-state index in [1.165, 1.54) is 0 Å². The first-order valence-electron chi connectivity index (χ1n) is 3.75. The number of aryl methyl sites for hydroxylation is 1. The van der Waals surface area contributed by atoms with Crippen LogP contribution in [0.4, 0.5) is 5.69 Å². The van der Waals surface area contributed by atoms with Crippen molar-refractivity contribution in [3.05, 3.63) is 27.7 Å². The Morgan fingerprint density at radius 1 is 1.31 bits per heavy atom. The first-order chi connectivity index (χ1) is 6.09. The number of carbonyl (C=O) groups excluding carboxylic acids is 2. The van der Waals surface area contributed by atoms with E-state index < -0.39 is 11.7 Å². The first-order valence-corrected chi connectivity index (χ1v) is 4.54. The molecule has 0 unspecified atom stereocenters. The van der Waals surface area contributed by atoms with Gasteiger partial charge in [-0.3, -0.25) is 9.59 Å². The van der Waals surface area contributed by atoms with Crippen LogP contribution in [0.1, 0.15) is 15.9 Å². The molecule has 1 aliphatic rings. The second-order valence-corrected chi connectivity index (χ2v) is 3.84. The van der Waals surface area contributed by atoms with Crippen molar-refractivity contribution in [1.29, 1.82) is 0 Å². The summed E-state index contributed by atoms with van der Waals surface area (Å²) in [5.74, 6) is -1.00. The molecule has 0 atom stereocenters. The number of fused-ring (bicyclic) bond motifs is 1. The zero-order chi connectivity index (χ0) is 9.59. The van der Waals surface area contributed by atoms with Crippen molar-refractivity contribution in [2.45, 2.75) is 6.92 Å². The summed E-state index contributed by atoms with van der Waals surface area (Å²) in [6, 6.07) is 3.51. The highest BCUT2D eigenvalue weighted by atomic mass is 79.9. The van der Waals surface area contributed by atoms with Crippen molar-refractivity contribution in [3.8, 4) is 0 Å². The minimum absolute atomic E-state index is 0.455. The van der Waals surface area contributed by atoms with Gasteiger partial charge in [-0.1, -0.05) is 15.9 Å². The molecule has 3 nitrogen and oxygen atoms in total. The van der Waals surface area contributed by atoms with Crippen LogP contribution in [0, 0.1) is 6.92 Å². The van der Waals surface area contributed by atoms with Crippen molar-refractivity contribution < 1.29 is 9.59 Å². The van der Waals surface area contributed by atoms with Crippen LogP contribution in [0.3, 0.4) is 0 Å². The average Bonchev–Trinajstić information content (AvgIpc) is 2.32. The molecule has 1 amide bonds. The number of hydrogen-bond donors (Lipinski definition) is 1. The van der Waals surface area contributed by atoms with Gasteiger partial charge in [0.2, 0.25) is 0 Å². The Balaban J connectivity index is 2.70. The largest absolute Gasteiger partial charge is 0.318 e. The molecule has 0 bridgehead atoms. The smallest absolute Gasteiger partial charge is 0.296 e. The molecule has 0 aromatic heterocycles. The summed E-state index contributed by atoms with van der Waals surface area (Å²) in [6.07, 6.45) is 0. The van der Waals surface area contributed by atoms with Crippen LogP contribution in [-0.4, -0.2) is 11.7 Å². The van der Waals surface area contributed by atoms with E-state index in [0.29, 0.717) is 11.3 Å². The zero-order valence-corrected chi connectivity index (χ0v) is 8.44. The predicted octanol–water partition coefficient (Wildman–Crippen LogP) is 1.89. The van der Waals surface area contributed by atoms with Crippen LogP contribution in [0.25, 0.3) is 0 Å². The summed E-state index contributed by atoms with van der Waals surface area (Å²) >= 11 is 3.27. The lowest BCUT2D eigenvalue weighted by atomic mass is 10.1. The molecular formula is C9H6BrNO2. The molecule has 1 aromatic rings. The number of Topliss-reactive ketones (excluding diaryl/α,β-unsaturated/α-hetero) is 1. The van der Waals surface area contributed by atoms with Gasteiger partial charge in [0.1, 0.15) is 0 Å². The van der Waals surface area contributed by atoms with E-state index in [1.807, 2.05) is 13.0 Å². The van der Waals surface area contributed by atoms with Crippen molar-refractivity contribution in [2.24, 2.45) is 0 Å². The summed E-state index contributed by atoms with van der Waals surface area (Å²) in [4.78, 5) is 22.3. The molecule has 4 heteroatoms. The molecule has 66 valence electrons. The quantitative estimate of drug-likeness (QED) is 0.704. The van der Waals surface area contributed by atoms with E-state index >= 15 is 0 Å². The van der Waals surface area contributed by atoms with Gasteiger partial charge >= 0.3 is 0 Å². The normalized spacial score (nSPS) is 14.3. The highest BCUT2D eigenvalue weighted by Crippen LogP contribution is 2.30. The molecule has 1 N–H and O–H groups in total. The number of ketones is 1. The van der Waals surface area contributed by atoms with Crippen LogP contribution in [-0.2, 0) is 4.79 Å². The summed E-state index contributed by atoms with van der Waals surface area (Å²) < 4.78 is 0.814. The Morgan fingerprint density at radius 3 is 2.69 bits per heavy atom. The Morgan fingerprint density at radius 2 is 2.00 bits per heavy atom. The second-order valence-electron chi connectivity index (χ2n) is 2.93. The Bertz CT molecular complexity index is 426. The lowest BCUT2D eigenvalue weighted by Crippen LogP contribution is -2.12. The number of rotatable bonds is 0. The Labute approximate surface area is 83.3 Å². The van der Waals surface area contributed by atoms with E-state index in [1.54, 1.807) is 6.07 Å². The minimum atomic E-state index is -0.545. The van der Waals surface area contributed by atoms with Gasteiger partial charge in [-0.05, 0) is 24.6 Å². The van der Waals surface area contributed by atoms with Crippen molar-refractivity contribution in [1.82, 2.24) is 0 Å². The summed E-state index contributed by atoms with van der Waals surface area (Å²) in [6.45, 7) is 1.85.